The Balaban J connectivity index is 1.67. The highest BCUT2D eigenvalue weighted by molar-refractivity contribution is 6.08. The van der Waals surface area contributed by atoms with Crippen molar-refractivity contribution >= 4 is 17.8 Å². The maximum absolute atomic E-state index is 12.9. The van der Waals surface area contributed by atoms with E-state index in [2.05, 4.69) is 22.3 Å². The van der Waals surface area contributed by atoms with Gasteiger partial charge in [-0.25, -0.2) is 4.99 Å². The summed E-state index contributed by atoms with van der Waals surface area (Å²) in [5.41, 5.74) is 3.38. The number of nitrogens with zero attached hydrogens (tertiary/aromatic N) is 2. The topological polar surface area (TPSA) is 71.0 Å². The normalized spacial score (nSPS) is 21.4. The fraction of sp³-hybridized carbons (Fsp3) is 0.318. The molecule has 0 saturated carbocycles. The molecular formula is C22H23N3O3. The summed E-state index contributed by atoms with van der Waals surface area (Å²) in [7, 11) is 0. The number of hydrogen-bond acceptors (Lipinski definition) is 5. The van der Waals surface area contributed by atoms with Crippen LogP contribution in [0.4, 0.5) is 0 Å². The van der Waals surface area contributed by atoms with Crippen LogP contribution < -0.4 is 5.32 Å². The third-order valence-corrected chi connectivity index (χ3v) is 5.21. The van der Waals surface area contributed by atoms with Gasteiger partial charge in [-0.15, -0.1) is 0 Å². The Hall–Kier alpha value is -3.15. The summed E-state index contributed by atoms with van der Waals surface area (Å²) < 4.78 is 5.15. The molecule has 2 aromatic carbocycles. The van der Waals surface area contributed by atoms with E-state index in [9.17, 15) is 9.59 Å². The second-order valence-electron chi connectivity index (χ2n) is 6.97. The lowest BCUT2D eigenvalue weighted by Crippen LogP contribution is -2.53. The number of ether oxygens (including phenoxy) is 1. The summed E-state index contributed by atoms with van der Waals surface area (Å²) in [4.78, 5) is 32.2. The van der Waals surface area contributed by atoms with Crippen LogP contribution in [0, 0.1) is 5.92 Å². The van der Waals surface area contributed by atoms with Crippen LogP contribution in [0.1, 0.15) is 29.7 Å². The van der Waals surface area contributed by atoms with E-state index in [0.717, 1.165) is 18.5 Å². The summed E-state index contributed by atoms with van der Waals surface area (Å²) in [5, 5.41) is 2.84. The van der Waals surface area contributed by atoms with Crippen molar-refractivity contribution < 1.29 is 14.3 Å². The number of amides is 1. The molecule has 6 heteroatoms. The minimum atomic E-state index is -0.983. The molecule has 2 aromatic rings. The molecule has 1 N–H and O–H groups in total. The first-order valence-corrected chi connectivity index (χ1v) is 9.59. The average Bonchev–Trinajstić information content (AvgIpc) is 2.73. The highest BCUT2D eigenvalue weighted by Gasteiger charge is 2.42. The Morgan fingerprint density at radius 3 is 2.61 bits per heavy atom. The van der Waals surface area contributed by atoms with Crippen molar-refractivity contribution in [1.82, 2.24) is 10.2 Å². The first-order valence-electron chi connectivity index (χ1n) is 9.59. The Kier molecular flexibility index (Phi) is 5.10. The molecule has 2 aliphatic heterocycles. The first kappa shape index (κ1) is 18.2. The lowest BCUT2D eigenvalue weighted by atomic mass is 9.91. The second kappa shape index (κ2) is 7.84. The van der Waals surface area contributed by atoms with Crippen molar-refractivity contribution in [1.29, 1.82) is 0 Å². The van der Waals surface area contributed by atoms with Gasteiger partial charge in [-0.1, -0.05) is 54.6 Å². The second-order valence-corrected chi connectivity index (χ2v) is 6.97. The number of hydrogen-bond donors (Lipinski definition) is 1. The summed E-state index contributed by atoms with van der Waals surface area (Å²) in [6, 6.07) is 17.2. The fourth-order valence-electron chi connectivity index (χ4n) is 3.79. The lowest BCUT2D eigenvalue weighted by molar-refractivity contribution is -0.153. The SMILES string of the molecule is CCOC(=O)C1C(=O)NC(N2CCc3ccccc3C2)=NC1c1ccccc1. The summed E-state index contributed by atoms with van der Waals surface area (Å²) >= 11 is 0. The van der Waals surface area contributed by atoms with Crippen LogP contribution in [0.3, 0.4) is 0 Å². The molecule has 0 aromatic heterocycles. The minimum Gasteiger partial charge on any atom is -0.465 e. The molecule has 4 rings (SSSR count). The molecule has 0 bridgehead atoms. The molecule has 2 atom stereocenters. The molecule has 0 aliphatic carbocycles. The molecule has 6 nitrogen and oxygen atoms in total. The van der Waals surface area contributed by atoms with E-state index in [4.69, 9.17) is 9.73 Å². The van der Waals surface area contributed by atoms with Crippen LogP contribution in [0.15, 0.2) is 59.6 Å². The van der Waals surface area contributed by atoms with Crippen molar-refractivity contribution in [3.05, 3.63) is 71.3 Å². The lowest BCUT2D eigenvalue weighted by Gasteiger charge is -2.36. The largest absolute Gasteiger partial charge is 0.465 e. The predicted molar refractivity (Wildman–Crippen MR) is 105 cm³/mol. The van der Waals surface area contributed by atoms with Gasteiger partial charge in [-0.05, 0) is 30.0 Å². The smallest absolute Gasteiger partial charge is 0.321 e. The number of guanidine groups is 1. The molecule has 28 heavy (non-hydrogen) atoms. The number of fused-ring (bicyclic) bond motifs is 1. The molecule has 2 heterocycles. The average molecular weight is 377 g/mol. The Morgan fingerprint density at radius 2 is 1.86 bits per heavy atom. The van der Waals surface area contributed by atoms with E-state index in [0.29, 0.717) is 12.5 Å². The Morgan fingerprint density at radius 1 is 1.14 bits per heavy atom. The highest BCUT2D eigenvalue weighted by atomic mass is 16.5. The zero-order chi connectivity index (χ0) is 19.5. The van der Waals surface area contributed by atoms with Gasteiger partial charge in [0.2, 0.25) is 11.9 Å². The van der Waals surface area contributed by atoms with E-state index >= 15 is 0 Å². The third kappa shape index (κ3) is 3.50. The monoisotopic (exact) mass is 377 g/mol. The Labute approximate surface area is 164 Å². The van der Waals surface area contributed by atoms with E-state index in [1.807, 2.05) is 42.5 Å². The van der Waals surface area contributed by atoms with Gasteiger partial charge in [0, 0.05) is 13.1 Å². The highest BCUT2D eigenvalue weighted by Crippen LogP contribution is 2.31. The van der Waals surface area contributed by atoms with Crippen molar-refractivity contribution in [3.63, 3.8) is 0 Å². The zero-order valence-electron chi connectivity index (χ0n) is 15.8. The van der Waals surface area contributed by atoms with E-state index < -0.39 is 17.9 Å². The molecule has 2 aliphatic rings. The van der Waals surface area contributed by atoms with Crippen molar-refractivity contribution in [2.24, 2.45) is 10.9 Å². The van der Waals surface area contributed by atoms with Crippen LogP contribution in [-0.4, -0.2) is 35.9 Å². The predicted octanol–water partition coefficient (Wildman–Crippen LogP) is 2.45. The number of carbonyl (C=O) groups excluding carboxylic acids is 2. The summed E-state index contributed by atoms with van der Waals surface area (Å²) in [5.74, 6) is -1.37. The van der Waals surface area contributed by atoms with Gasteiger partial charge in [-0.3, -0.25) is 14.9 Å². The van der Waals surface area contributed by atoms with Crippen molar-refractivity contribution in [3.8, 4) is 0 Å². The van der Waals surface area contributed by atoms with Gasteiger partial charge >= 0.3 is 5.97 Å². The number of benzene rings is 2. The van der Waals surface area contributed by atoms with Crippen molar-refractivity contribution in [2.45, 2.75) is 25.9 Å². The van der Waals surface area contributed by atoms with Gasteiger partial charge in [0.05, 0.1) is 6.61 Å². The maximum Gasteiger partial charge on any atom is 0.321 e. The molecule has 0 saturated heterocycles. The van der Waals surface area contributed by atoms with E-state index in [1.165, 1.54) is 11.1 Å². The first-order chi connectivity index (χ1) is 13.7. The summed E-state index contributed by atoms with van der Waals surface area (Å²) in [6.45, 7) is 3.40. The van der Waals surface area contributed by atoms with E-state index in [-0.39, 0.29) is 12.5 Å². The van der Waals surface area contributed by atoms with E-state index in [1.54, 1.807) is 6.92 Å². The number of nitrogens with one attached hydrogen (secondary N) is 1. The zero-order valence-corrected chi connectivity index (χ0v) is 15.8. The molecule has 0 fully saturated rings. The van der Waals surface area contributed by atoms with Gasteiger partial charge in [0.15, 0.2) is 5.92 Å². The number of esters is 1. The molecule has 0 spiro atoms. The van der Waals surface area contributed by atoms with Gasteiger partial charge < -0.3 is 9.64 Å². The van der Waals surface area contributed by atoms with Crippen molar-refractivity contribution in [2.75, 3.05) is 13.2 Å². The van der Waals surface area contributed by atoms with Crippen LogP contribution >= 0.6 is 0 Å². The molecule has 1 amide bonds. The van der Waals surface area contributed by atoms with Crippen LogP contribution in [0.5, 0.6) is 0 Å². The number of carbonyl (C=O) groups is 2. The van der Waals surface area contributed by atoms with Crippen LogP contribution in [0.25, 0.3) is 0 Å². The number of aliphatic imine (C=N–C) groups is 1. The molecular weight excluding hydrogens is 354 g/mol. The number of rotatable bonds is 3. The van der Waals surface area contributed by atoms with Gasteiger partial charge in [-0.2, -0.15) is 0 Å². The minimum absolute atomic E-state index is 0.226. The maximum atomic E-state index is 12.9. The van der Waals surface area contributed by atoms with Crippen LogP contribution in [0.2, 0.25) is 0 Å². The Bertz CT molecular complexity index is 910. The molecule has 2 unspecified atom stereocenters. The third-order valence-electron chi connectivity index (χ3n) is 5.21. The van der Waals surface area contributed by atoms with Gasteiger partial charge in [0.1, 0.15) is 6.04 Å². The fourth-order valence-corrected chi connectivity index (χ4v) is 3.79. The molecule has 144 valence electrons. The standard InChI is InChI=1S/C22H23N3O3/c1-2-28-21(27)18-19(16-9-4-3-5-10-16)23-22(24-20(18)26)25-13-12-15-8-6-7-11-17(15)14-25/h3-11,18-19H,2,12-14H2,1H3,(H,23,24,26). The molecule has 0 radical (unpaired) electrons. The van der Waals surface area contributed by atoms with Gasteiger partial charge in [0.25, 0.3) is 0 Å². The summed E-state index contributed by atoms with van der Waals surface area (Å²) in [6.07, 6.45) is 0.891. The quantitative estimate of drug-likeness (QED) is 0.659. The van der Waals surface area contributed by atoms with Crippen LogP contribution in [-0.2, 0) is 27.3 Å².